The second-order valence-corrected chi connectivity index (χ2v) is 8.07. The predicted octanol–water partition coefficient (Wildman–Crippen LogP) is 4.93. The van der Waals surface area contributed by atoms with Crippen LogP contribution in [0.4, 0.5) is 4.39 Å². The molecule has 0 amide bonds. The lowest BCUT2D eigenvalue weighted by atomic mass is 10.2. The van der Waals surface area contributed by atoms with Gasteiger partial charge in [0.25, 0.3) is 5.22 Å². The summed E-state index contributed by atoms with van der Waals surface area (Å²) < 4.78 is 35.0. The average Bonchev–Trinajstić information content (AvgIpc) is 3.51. The number of aromatic nitrogens is 3. The molecule has 0 aliphatic carbocycles. The Morgan fingerprint density at radius 2 is 1.93 bits per heavy atom. The molecule has 10 heteroatoms. The zero-order chi connectivity index (χ0) is 20.3. The van der Waals surface area contributed by atoms with E-state index in [2.05, 4.69) is 15.2 Å². The van der Waals surface area contributed by atoms with Crippen molar-refractivity contribution in [2.24, 2.45) is 0 Å². The van der Waals surface area contributed by atoms with E-state index in [1.807, 2.05) is 23.6 Å². The highest BCUT2D eigenvalue weighted by atomic mass is 32.2. The predicted molar refractivity (Wildman–Crippen MR) is 108 cm³/mol. The Morgan fingerprint density at radius 1 is 1.07 bits per heavy atom. The van der Waals surface area contributed by atoms with Gasteiger partial charge in [-0.05, 0) is 42.5 Å². The Kier molecular flexibility index (Phi) is 5.24. The smallest absolute Gasteiger partial charge is 0.277 e. The highest BCUT2D eigenvalue weighted by Crippen LogP contribution is 2.36. The van der Waals surface area contributed by atoms with Crippen LogP contribution in [0.3, 0.4) is 0 Å². The van der Waals surface area contributed by atoms with Crippen LogP contribution < -0.4 is 14.2 Å². The Hall–Kier alpha value is -3.11. The number of thioether (sulfide) groups is 1. The van der Waals surface area contributed by atoms with E-state index in [1.165, 1.54) is 35.2 Å². The number of fused-ring (bicyclic) bond motifs is 1. The maximum absolute atomic E-state index is 12.9. The molecule has 0 radical (unpaired) electrons. The number of rotatable bonds is 7. The Labute approximate surface area is 178 Å². The fourth-order valence-corrected chi connectivity index (χ4v) is 4.17. The SMILES string of the molecule is Fc1ccc(OCc2nc(CSc3nnc(-c4ccc5c(c4)OCO5)o3)cs2)cc1. The molecule has 0 unspecified atom stereocenters. The molecule has 1 aliphatic rings. The van der Waals surface area contributed by atoms with Crippen molar-refractivity contribution in [3.05, 3.63) is 64.4 Å². The molecule has 152 valence electrons. The first-order valence-corrected chi connectivity index (χ1v) is 10.8. The number of hydrogen-bond acceptors (Lipinski definition) is 9. The van der Waals surface area contributed by atoms with Crippen molar-refractivity contribution in [1.82, 2.24) is 15.2 Å². The second-order valence-electron chi connectivity index (χ2n) is 6.21. The van der Waals surface area contributed by atoms with Gasteiger partial charge in [-0.3, -0.25) is 0 Å². The summed E-state index contributed by atoms with van der Waals surface area (Å²) in [4.78, 5) is 4.54. The van der Waals surface area contributed by atoms with Crippen LogP contribution in [0.15, 0.2) is 57.5 Å². The molecule has 2 aromatic heterocycles. The number of nitrogens with zero attached hydrogens (tertiary/aromatic N) is 3. The van der Waals surface area contributed by atoms with E-state index >= 15 is 0 Å². The fraction of sp³-hybridized carbons (Fsp3) is 0.150. The number of hydrogen-bond donors (Lipinski definition) is 0. The van der Waals surface area contributed by atoms with Gasteiger partial charge >= 0.3 is 0 Å². The minimum Gasteiger partial charge on any atom is -0.486 e. The number of ether oxygens (including phenoxy) is 3. The molecule has 0 fully saturated rings. The van der Waals surface area contributed by atoms with Gasteiger partial charge in [-0.25, -0.2) is 9.37 Å². The molecule has 0 N–H and O–H groups in total. The van der Waals surface area contributed by atoms with Gasteiger partial charge in [-0.15, -0.1) is 21.5 Å². The van der Waals surface area contributed by atoms with E-state index in [9.17, 15) is 4.39 Å². The summed E-state index contributed by atoms with van der Waals surface area (Å²) in [6.07, 6.45) is 0. The van der Waals surface area contributed by atoms with Crippen molar-refractivity contribution >= 4 is 23.1 Å². The molecule has 0 atom stereocenters. The monoisotopic (exact) mass is 443 g/mol. The number of thiazole rings is 1. The van der Waals surface area contributed by atoms with Gasteiger partial charge in [0.1, 0.15) is 23.2 Å². The molecule has 0 saturated carbocycles. The maximum atomic E-state index is 12.9. The summed E-state index contributed by atoms with van der Waals surface area (Å²) in [5.41, 5.74) is 1.66. The maximum Gasteiger partial charge on any atom is 0.277 e. The van der Waals surface area contributed by atoms with Crippen LogP contribution in [0.5, 0.6) is 17.2 Å². The van der Waals surface area contributed by atoms with E-state index < -0.39 is 0 Å². The molecule has 3 heterocycles. The highest BCUT2D eigenvalue weighted by Gasteiger charge is 2.17. The Balaban J connectivity index is 1.17. The quantitative estimate of drug-likeness (QED) is 0.372. The third-order valence-corrected chi connectivity index (χ3v) is 5.87. The summed E-state index contributed by atoms with van der Waals surface area (Å²) in [5, 5.41) is 11.4. The first-order chi connectivity index (χ1) is 14.7. The average molecular weight is 443 g/mol. The van der Waals surface area contributed by atoms with Gasteiger partial charge in [0.2, 0.25) is 12.7 Å². The zero-order valence-electron chi connectivity index (χ0n) is 15.4. The van der Waals surface area contributed by atoms with Crippen molar-refractivity contribution < 1.29 is 23.0 Å². The Morgan fingerprint density at radius 3 is 2.83 bits per heavy atom. The Bertz CT molecular complexity index is 1160. The minimum absolute atomic E-state index is 0.217. The standard InChI is InChI=1S/C20H14FN3O4S2/c21-13-2-4-15(5-3-13)25-8-18-22-14(9-29-18)10-30-20-24-23-19(28-20)12-1-6-16-17(7-12)27-11-26-16/h1-7,9H,8,10-11H2. The van der Waals surface area contributed by atoms with Crippen LogP contribution in [0.1, 0.15) is 10.7 Å². The lowest BCUT2D eigenvalue weighted by molar-refractivity contribution is 0.174. The number of benzene rings is 2. The van der Waals surface area contributed by atoms with Gasteiger partial charge in [0.05, 0.1) is 5.69 Å². The molecule has 7 nitrogen and oxygen atoms in total. The second kappa shape index (κ2) is 8.33. The van der Waals surface area contributed by atoms with Gasteiger partial charge in [-0.1, -0.05) is 11.8 Å². The highest BCUT2D eigenvalue weighted by molar-refractivity contribution is 7.98. The summed E-state index contributed by atoms with van der Waals surface area (Å²) in [6.45, 7) is 0.546. The molecule has 0 saturated heterocycles. The molecule has 1 aliphatic heterocycles. The van der Waals surface area contributed by atoms with E-state index in [1.54, 1.807) is 12.1 Å². The number of halogens is 1. The normalized spacial score (nSPS) is 12.3. The molecule has 0 spiro atoms. The van der Waals surface area contributed by atoms with Crippen LogP contribution in [0.25, 0.3) is 11.5 Å². The van der Waals surface area contributed by atoms with Gasteiger partial charge in [0, 0.05) is 16.7 Å². The van der Waals surface area contributed by atoms with Gasteiger partial charge in [-0.2, -0.15) is 0 Å². The lowest BCUT2D eigenvalue weighted by Gasteiger charge is -2.03. The van der Waals surface area contributed by atoms with Crippen LogP contribution in [-0.2, 0) is 12.4 Å². The molecular formula is C20H14FN3O4S2. The van der Waals surface area contributed by atoms with E-state index in [-0.39, 0.29) is 12.6 Å². The van der Waals surface area contributed by atoms with Gasteiger partial charge < -0.3 is 18.6 Å². The molecule has 2 aromatic carbocycles. The van der Waals surface area contributed by atoms with Crippen molar-refractivity contribution in [1.29, 1.82) is 0 Å². The lowest BCUT2D eigenvalue weighted by Crippen LogP contribution is -1.95. The summed E-state index contributed by atoms with van der Waals surface area (Å²) in [5.74, 6) is 2.69. The fourth-order valence-electron chi connectivity index (χ4n) is 2.71. The van der Waals surface area contributed by atoms with Crippen molar-refractivity contribution in [2.45, 2.75) is 17.6 Å². The minimum atomic E-state index is -0.293. The third-order valence-electron chi connectivity index (χ3n) is 4.14. The van der Waals surface area contributed by atoms with Crippen LogP contribution >= 0.6 is 23.1 Å². The first-order valence-electron chi connectivity index (χ1n) is 8.91. The molecule has 5 rings (SSSR count). The molecular weight excluding hydrogens is 429 g/mol. The van der Waals surface area contributed by atoms with Crippen LogP contribution in [0, 0.1) is 5.82 Å². The van der Waals surface area contributed by atoms with Gasteiger partial charge in [0.15, 0.2) is 11.5 Å². The first kappa shape index (κ1) is 18.9. The molecule has 4 aromatic rings. The topological polar surface area (TPSA) is 79.5 Å². The largest absolute Gasteiger partial charge is 0.486 e. The van der Waals surface area contributed by atoms with Crippen LogP contribution in [0.2, 0.25) is 0 Å². The van der Waals surface area contributed by atoms with Crippen molar-refractivity contribution in [2.75, 3.05) is 6.79 Å². The van der Waals surface area contributed by atoms with E-state index in [4.69, 9.17) is 18.6 Å². The van der Waals surface area contributed by atoms with Crippen molar-refractivity contribution in [3.8, 4) is 28.7 Å². The molecule has 30 heavy (non-hydrogen) atoms. The van der Waals surface area contributed by atoms with E-state index in [0.717, 1.165) is 16.3 Å². The summed E-state index contributed by atoms with van der Waals surface area (Å²) in [6, 6.07) is 11.4. The third kappa shape index (κ3) is 4.24. The van der Waals surface area contributed by atoms with Crippen molar-refractivity contribution in [3.63, 3.8) is 0 Å². The summed E-state index contributed by atoms with van der Waals surface area (Å²) >= 11 is 2.91. The van der Waals surface area contributed by atoms with Crippen LogP contribution in [-0.4, -0.2) is 22.0 Å². The van der Waals surface area contributed by atoms with E-state index in [0.29, 0.717) is 40.7 Å². The summed E-state index contributed by atoms with van der Waals surface area (Å²) in [7, 11) is 0. The molecule has 0 bridgehead atoms. The zero-order valence-corrected chi connectivity index (χ0v) is 17.0.